The van der Waals surface area contributed by atoms with Crippen LogP contribution >= 0.6 is 22.9 Å². The molecule has 0 atom stereocenters. The smallest absolute Gasteiger partial charge is 0.387 e. The van der Waals surface area contributed by atoms with Crippen molar-refractivity contribution in [3.8, 4) is 5.75 Å². The zero-order valence-electron chi connectivity index (χ0n) is 13.2. The molecule has 0 radical (unpaired) electrons. The Hall–Kier alpha value is -2.19. The lowest BCUT2D eigenvalue weighted by Gasteiger charge is -2.15. The van der Waals surface area contributed by atoms with Gasteiger partial charge in [0.1, 0.15) is 5.75 Å². The predicted molar refractivity (Wildman–Crippen MR) is 92.4 cm³/mol. The molecule has 0 saturated heterocycles. The first-order chi connectivity index (χ1) is 12.0. The molecule has 0 spiro atoms. The molecule has 1 aromatic heterocycles. The molecule has 0 aliphatic heterocycles. The Morgan fingerprint density at radius 1 is 1.36 bits per heavy atom. The first-order valence-corrected chi connectivity index (χ1v) is 8.32. The summed E-state index contributed by atoms with van der Waals surface area (Å²) in [6.45, 7) is -2.80. The molecule has 1 amide bonds. The summed E-state index contributed by atoms with van der Waals surface area (Å²) >= 11 is 7.23. The second-order valence-electron chi connectivity index (χ2n) is 4.88. The van der Waals surface area contributed by atoms with Crippen LogP contribution in [0.5, 0.6) is 5.75 Å². The molecule has 0 N–H and O–H groups in total. The Bertz CT molecular complexity index is 740. The van der Waals surface area contributed by atoms with Crippen molar-refractivity contribution in [2.45, 2.75) is 13.2 Å². The summed E-state index contributed by atoms with van der Waals surface area (Å²) in [7, 11) is 1.63. The minimum Gasteiger partial charge on any atom is -0.434 e. The topological polar surface area (TPSA) is 51.1 Å². The van der Waals surface area contributed by atoms with Gasteiger partial charge in [-0.25, -0.2) is 0 Å². The van der Waals surface area contributed by atoms with Crippen molar-refractivity contribution >= 4 is 35.1 Å². The molecule has 0 aliphatic carbocycles. The number of likely N-dealkylation sites (N-methyl/N-ethyl adjacent to an activating group) is 1. The molecular formula is C16H15ClF2N2O3S. The molecule has 1 aromatic carbocycles. The van der Waals surface area contributed by atoms with Gasteiger partial charge in [0.15, 0.2) is 6.61 Å². The molecule has 2 rings (SSSR count). The Morgan fingerprint density at radius 2 is 2.12 bits per heavy atom. The number of carbonyl (C=O) groups is 1. The lowest BCUT2D eigenvalue weighted by molar-refractivity contribution is -0.135. The van der Waals surface area contributed by atoms with Crippen LogP contribution in [0.2, 0.25) is 4.34 Å². The lowest BCUT2D eigenvalue weighted by Crippen LogP contribution is -2.29. The van der Waals surface area contributed by atoms with Gasteiger partial charge < -0.3 is 14.5 Å². The van der Waals surface area contributed by atoms with E-state index in [1.165, 1.54) is 28.5 Å². The third-order valence-electron chi connectivity index (χ3n) is 3.04. The molecule has 0 aliphatic rings. The van der Waals surface area contributed by atoms with Crippen LogP contribution in [0, 0.1) is 0 Å². The number of nitrogens with zero attached hydrogens (tertiary/aromatic N) is 2. The van der Waals surface area contributed by atoms with E-state index in [4.69, 9.17) is 16.4 Å². The summed E-state index contributed by atoms with van der Waals surface area (Å²) in [6, 6.07) is 9.74. The molecule has 0 saturated carbocycles. The summed E-state index contributed by atoms with van der Waals surface area (Å²) in [4.78, 5) is 19.3. The number of benzene rings is 1. The zero-order valence-corrected chi connectivity index (χ0v) is 14.8. The Morgan fingerprint density at radius 3 is 2.80 bits per heavy atom. The number of oxime groups is 1. The fraction of sp³-hybridized carbons (Fsp3) is 0.250. The number of hydrogen-bond donors (Lipinski definition) is 0. The van der Waals surface area contributed by atoms with Crippen LogP contribution in [0.4, 0.5) is 8.78 Å². The van der Waals surface area contributed by atoms with Gasteiger partial charge in [-0.15, -0.1) is 11.3 Å². The van der Waals surface area contributed by atoms with Gasteiger partial charge in [-0.1, -0.05) is 28.9 Å². The number of carbonyl (C=O) groups excluding carboxylic acids is 1. The van der Waals surface area contributed by atoms with Crippen molar-refractivity contribution in [2.75, 3.05) is 13.7 Å². The molecular weight excluding hydrogens is 374 g/mol. The SMILES string of the molecule is CN(Cc1ccc(Cl)s1)C(=O)CO/N=C/c1ccccc1OC(F)F. The maximum absolute atomic E-state index is 12.3. The second kappa shape index (κ2) is 9.33. The Labute approximate surface area is 152 Å². The third-order valence-corrected chi connectivity index (χ3v) is 4.25. The minimum atomic E-state index is -2.93. The number of thiophene rings is 1. The van der Waals surface area contributed by atoms with Crippen molar-refractivity contribution < 1.29 is 23.1 Å². The van der Waals surface area contributed by atoms with Gasteiger partial charge in [-0.05, 0) is 24.3 Å². The third kappa shape index (κ3) is 6.32. The largest absolute Gasteiger partial charge is 0.434 e. The second-order valence-corrected chi connectivity index (χ2v) is 6.68. The van der Waals surface area contributed by atoms with Gasteiger partial charge in [0.05, 0.1) is 17.1 Å². The standard InChI is InChI=1S/C16H15ClF2N2O3S/c1-21(9-12-6-7-14(17)25-12)15(22)10-23-20-8-11-4-2-3-5-13(11)24-16(18)19/h2-8,16H,9-10H2,1H3/b20-8+. The van der Waals surface area contributed by atoms with E-state index in [2.05, 4.69) is 9.89 Å². The highest BCUT2D eigenvalue weighted by Crippen LogP contribution is 2.22. The van der Waals surface area contributed by atoms with Crippen molar-refractivity contribution in [2.24, 2.45) is 5.16 Å². The maximum atomic E-state index is 12.3. The monoisotopic (exact) mass is 388 g/mol. The van der Waals surface area contributed by atoms with Gasteiger partial charge in [-0.2, -0.15) is 8.78 Å². The van der Waals surface area contributed by atoms with E-state index in [1.807, 2.05) is 6.07 Å². The molecule has 134 valence electrons. The van der Waals surface area contributed by atoms with E-state index in [-0.39, 0.29) is 18.3 Å². The summed E-state index contributed by atoms with van der Waals surface area (Å²) in [5, 5.41) is 3.63. The van der Waals surface area contributed by atoms with Crippen LogP contribution < -0.4 is 4.74 Å². The predicted octanol–water partition coefficient (Wildman–Crippen LogP) is 4.01. The Kier molecular flexibility index (Phi) is 7.15. The maximum Gasteiger partial charge on any atom is 0.387 e. The van der Waals surface area contributed by atoms with Gasteiger partial charge in [0.2, 0.25) is 0 Å². The van der Waals surface area contributed by atoms with Crippen molar-refractivity contribution in [3.05, 3.63) is 51.2 Å². The normalized spacial score (nSPS) is 11.1. The highest BCUT2D eigenvalue weighted by Gasteiger charge is 2.11. The fourth-order valence-electron chi connectivity index (χ4n) is 1.85. The first-order valence-electron chi connectivity index (χ1n) is 7.13. The summed E-state index contributed by atoms with van der Waals surface area (Å²) in [5.74, 6) is -0.304. The molecule has 0 bridgehead atoms. The van der Waals surface area contributed by atoms with Gasteiger partial charge in [0.25, 0.3) is 5.91 Å². The number of ether oxygens (including phenoxy) is 1. The highest BCUT2D eigenvalue weighted by atomic mass is 35.5. The van der Waals surface area contributed by atoms with Crippen LogP contribution in [-0.4, -0.2) is 37.3 Å². The lowest BCUT2D eigenvalue weighted by atomic mass is 10.2. The molecule has 0 fully saturated rings. The van der Waals surface area contributed by atoms with Gasteiger partial charge in [0, 0.05) is 17.5 Å². The molecule has 1 heterocycles. The number of alkyl halides is 2. The molecule has 5 nitrogen and oxygen atoms in total. The van der Waals surface area contributed by atoms with Crippen LogP contribution in [0.15, 0.2) is 41.6 Å². The van der Waals surface area contributed by atoms with Crippen LogP contribution in [0.25, 0.3) is 0 Å². The highest BCUT2D eigenvalue weighted by molar-refractivity contribution is 7.16. The van der Waals surface area contributed by atoms with Crippen LogP contribution in [0.3, 0.4) is 0 Å². The van der Waals surface area contributed by atoms with Gasteiger partial charge >= 0.3 is 6.61 Å². The summed E-state index contributed by atoms with van der Waals surface area (Å²) in [5.41, 5.74) is 0.317. The van der Waals surface area contributed by atoms with Crippen molar-refractivity contribution in [3.63, 3.8) is 0 Å². The summed E-state index contributed by atoms with van der Waals surface area (Å²) < 4.78 is 29.6. The number of para-hydroxylation sites is 1. The number of rotatable bonds is 8. The van der Waals surface area contributed by atoms with Crippen molar-refractivity contribution in [1.29, 1.82) is 0 Å². The zero-order chi connectivity index (χ0) is 18.2. The van der Waals surface area contributed by atoms with Crippen LogP contribution in [-0.2, 0) is 16.2 Å². The Balaban J connectivity index is 1.83. The average molecular weight is 389 g/mol. The number of hydrogen-bond acceptors (Lipinski definition) is 5. The van der Waals surface area contributed by atoms with E-state index >= 15 is 0 Å². The number of halogens is 3. The molecule has 0 unspecified atom stereocenters. The van der Waals surface area contributed by atoms with E-state index < -0.39 is 6.61 Å². The van der Waals surface area contributed by atoms with Gasteiger partial charge in [-0.3, -0.25) is 4.79 Å². The summed E-state index contributed by atoms with van der Waals surface area (Å²) in [6.07, 6.45) is 1.21. The average Bonchev–Trinajstić information content (AvgIpc) is 2.97. The van der Waals surface area contributed by atoms with Crippen LogP contribution in [0.1, 0.15) is 10.4 Å². The molecule has 2 aromatic rings. The minimum absolute atomic E-state index is 0.0251. The van der Waals surface area contributed by atoms with E-state index in [1.54, 1.807) is 31.3 Å². The van der Waals surface area contributed by atoms with E-state index in [0.717, 1.165) is 4.88 Å². The van der Waals surface area contributed by atoms with E-state index in [0.29, 0.717) is 16.4 Å². The fourth-order valence-corrected chi connectivity index (χ4v) is 2.99. The number of amides is 1. The van der Waals surface area contributed by atoms with Crippen molar-refractivity contribution in [1.82, 2.24) is 4.90 Å². The first kappa shape index (κ1) is 19.1. The molecule has 9 heteroatoms. The quantitative estimate of drug-likeness (QED) is 0.507. The van der Waals surface area contributed by atoms with E-state index in [9.17, 15) is 13.6 Å². The molecule has 25 heavy (non-hydrogen) atoms.